The Bertz CT molecular complexity index is 1280. The predicted molar refractivity (Wildman–Crippen MR) is 132 cm³/mol. The summed E-state index contributed by atoms with van der Waals surface area (Å²) in [7, 11) is 0. The second-order valence-corrected chi connectivity index (χ2v) is 10.3. The van der Waals surface area contributed by atoms with Gasteiger partial charge in [-0.2, -0.15) is 18.3 Å². The molecule has 5 rings (SSSR count). The van der Waals surface area contributed by atoms with Crippen LogP contribution in [-0.4, -0.2) is 55.1 Å². The summed E-state index contributed by atoms with van der Waals surface area (Å²) in [6.07, 6.45) is 3.70. The van der Waals surface area contributed by atoms with Gasteiger partial charge >= 0.3 is 12.1 Å². The molecule has 2 aliphatic heterocycles. The number of anilines is 2. The van der Waals surface area contributed by atoms with Gasteiger partial charge in [0.2, 0.25) is 0 Å². The summed E-state index contributed by atoms with van der Waals surface area (Å²) in [4.78, 5) is 25.1. The first-order chi connectivity index (χ1) is 17.4. The van der Waals surface area contributed by atoms with Gasteiger partial charge < -0.3 is 21.5 Å². The maximum atomic E-state index is 10.6. The minimum atomic E-state index is -5.08. The number of aliphatic carboxylic acids is 1. The van der Waals surface area contributed by atoms with Crippen LogP contribution in [-0.2, 0) is 11.3 Å². The van der Waals surface area contributed by atoms with Crippen LogP contribution in [0.4, 0.5) is 24.8 Å². The Balaban J connectivity index is 0.000000405. The van der Waals surface area contributed by atoms with Gasteiger partial charge in [0.25, 0.3) is 0 Å². The zero-order valence-electron chi connectivity index (χ0n) is 19.0. The highest BCUT2D eigenvalue weighted by molar-refractivity contribution is 7.99. The molecule has 16 heteroatoms. The summed E-state index contributed by atoms with van der Waals surface area (Å²) in [5.74, 6) is -1.59. The summed E-state index contributed by atoms with van der Waals surface area (Å²) in [6.45, 7) is 2.55. The molecule has 1 fully saturated rings. The summed E-state index contributed by atoms with van der Waals surface area (Å²) in [6, 6.07) is 1.72. The van der Waals surface area contributed by atoms with Crippen molar-refractivity contribution in [3.63, 3.8) is 0 Å². The lowest BCUT2D eigenvalue weighted by molar-refractivity contribution is -0.192. The number of carbonyl (C=O) groups is 1. The molecule has 0 aliphatic carbocycles. The molecule has 1 atom stereocenters. The number of rotatable bonds is 3. The molecule has 0 unspecified atom stereocenters. The van der Waals surface area contributed by atoms with E-state index in [2.05, 4.69) is 25.0 Å². The van der Waals surface area contributed by atoms with Gasteiger partial charge in [0.05, 0.1) is 40.4 Å². The van der Waals surface area contributed by atoms with Crippen LogP contribution in [0.3, 0.4) is 0 Å². The number of aromatic nitrogens is 5. The molecule has 0 radical (unpaired) electrons. The van der Waals surface area contributed by atoms with Gasteiger partial charge in [-0.3, -0.25) is 4.68 Å². The topological polar surface area (TPSA) is 149 Å². The number of carboxylic acids is 1. The molecule has 0 saturated carbocycles. The molecule has 0 amide bonds. The first kappa shape index (κ1) is 27.2. The Kier molecular flexibility index (Phi) is 7.74. The van der Waals surface area contributed by atoms with Crippen molar-refractivity contribution in [3.05, 3.63) is 46.6 Å². The largest absolute Gasteiger partial charge is 0.490 e. The van der Waals surface area contributed by atoms with Crippen LogP contribution >= 0.6 is 35.0 Å². The van der Waals surface area contributed by atoms with Gasteiger partial charge in [0.15, 0.2) is 0 Å². The summed E-state index contributed by atoms with van der Waals surface area (Å²) in [5.41, 5.74) is 13.3. The maximum Gasteiger partial charge on any atom is 0.490 e. The fourth-order valence-electron chi connectivity index (χ4n) is 4.30. The predicted octanol–water partition coefficient (Wildman–Crippen LogP) is 4.04. The normalized spacial score (nSPS) is 18.3. The SMILES string of the molecule is Nc1nccc(Sc2cnc(N3CCC4(CC3)Cn3ncc(Cl)c3[C@H]4N)cn2)c1Cl.O=C(O)C(F)(F)F. The first-order valence-corrected chi connectivity index (χ1v) is 12.4. The van der Waals surface area contributed by atoms with Gasteiger partial charge in [-0.1, -0.05) is 35.0 Å². The number of hydrogen-bond donors (Lipinski definition) is 3. The molecule has 5 N–H and O–H groups in total. The number of piperidine rings is 1. The monoisotopic (exact) mass is 576 g/mol. The maximum absolute atomic E-state index is 10.6. The highest BCUT2D eigenvalue weighted by atomic mass is 35.5. The first-order valence-electron chi connectivity index (χ1n) is 10.8. The molecule has 37 heavy (non-hydrogen) atoms. The molecule has 5 heterocycles. The number of nitrogens with zero attached hydrogens (tertiary/aromatic N) is 6. The van der Waals surface area contributed by atoms with Crippen molar-refractivity contribution in [2.75, 3.05) is 23.7 Å². The van der Waals surface area contributed by atoms with Crippen molar-refractivity contribution >= 4 is 52.6 Å². The number of carboxylic acid groups (broad SMARTS) is 1. The number of nitrogens with two attached hydrogens (primary N) is 2. The van der Waals surface area contributed by atoms with Crippen LogP contribution < -0.4 is 16.4 Å². The fourth-order valence-corrected chi connectivity index (χ4v) is 5.55. The average molecular weight is 577 g/mol. The lowest BCUT2D eigenvalue weighted by Crippen LogP contribution is -2.45. The highest BCUT2D eigenvalue weighted by Gasteiger charge is 2.48. The molecule has 10 nitrogen and oxygen atoms in total. The van der Waals surface area contributed by atoms with E-state index >= 15 is 0 Å². The molecule has 1 saturated heterocycles. The second kappa shape index (κ2) is 10.5. The number of hydrogen-bond acceptors (Lipinski definition) is 9. The molecular formula is C21H21Cl2F3N8O2S. The lowest BCUT2D eigenvalue weighted by atomic mass is 9.73. The van der Waals surface area contributed by atoms with Crippen LogP contribution in [0.15, 0.2) is 40.8 Å². The van der Waals surface area contributed by atoms with E-state index < -0.39 is 12.1 Å². The second-order valence-electron chi connectivity index (χ2n) is 8.49. The molecule has 3 aromatic rings. The van der Waals surface area contributed by atoms with E-state index in [0.717, 1.165) is 53.9 Å². The molecule has 0 bridgehead atoms. The summed E-state index contributed by atoms with van der Waals surface area (Å²) >= 11 is 13.9. The van der Waals surface area contributed by atoms with Crippen molar-refractivity contribution < 1.29 is 23.1 Å². The standard InChI is InChI=1S/C19H20Cl2N8S.C2HF3O2/c20-11-7-27-29-10-19(17(22)16(11)29)2-5-28(6-3-19)13-8-26-14(9-25-13)30-12-1-4-24-18(23)15(12)21;3-2(4,5)1(6)7/h1,4,7-9,17H,2-3,5-6,10,22H2,(H2,23,24);(H,6,7)/t17-;/m1./s1. The highest BCUT2D eigenvalue weighted by Crippen LogP contribution is 2.49. The lowest BCUT2D eigenvalue weighted by Gasteiger charge is -2.41. The van der Waals surface area contributed by atoms with Crippen molar-refractivity contribution in [1.82, 2.24) is 24.7 Å². The zero-order valence-corrected chi connectivity index (χ0v) is 21.3. The molecule has 2 aliphatic rings. The number of alkyl halides is 3. The fraction of sp³-hybridized carbons (Fsp3) is 0.381. The Labute approximate surface area is 223 Å². The molecular weight excluding hydrogens is 556 g/mol. The minimum Gasteiger partial charge on any atom is -0.475 e. The van der Waals surface area contributed by atoms with Gasteiger partial charge in [-0.15, -0.1) is 0 Å². The Morgan fingerprint density at radius 1 is 1.16 bits per heavy atom. The number of nitrogen functional groups attached to an aromatic ring is 1. The summed E-state index contributed by atoms with van der Waals surface area (Å²) < 4.78 is 33.7. The number of pyridine rings is 1. The Hall–Kier alpha value is -2.81. The smallest absolute Gasteiger partial charge is 0.475 e. The molecule has 3 aromatic heterocycles. The molecule has 198 valence electrons. The van der Waals surface area contributed by atoms with Crippen LogP contribution in [0.2, 0.25) is 10.0 Å². The van der Waals surface area contributed by atoms with E-state index in [1.807, 2.05) is 10.7 Å². The van der Waals surface area contributed by atoms with E-state index in [4.69, 9.17) is 44.6 Å². The van der Waals surface area contributed by atoms with E-state index in [-0.39, 0.29) is 11.5 Å². The van der Waals surface area contributed by atoms with Crippen LogP contribution in [0.5, 0.6) is 0 Å². The third-order valence-electron chi connectivity index (χ3n) is 6.29. The average Bonchev–Trinajstić information content (AvgIpc) is 3.34. The van der Waals surface area contributed by atoms with E-state index in [1.54, 1.807) is 24.8 Å². The summed E-state index contributed by atoms with van der Waals surface area (Å²) in [5, 5.41) is 13.3. The quantitative estimate of drug-likeness (QED) is 0.416. The molecule has 1 spiro atoms. The minimum absolute atomic E-state index is 0.00494. The van der Waals surface area contributed by atoms with Gasteiger partial charge in [-0.05, 0) is 18.9 Å². The van der Waals surface area contributed by atoms with Crippen LogP contribution in [0, 0.1) is 5.41 Å². The van der Waals surface area contributed by atoms with Gasteiger partial charge in [0, 0.05) is 36.1 Å². The number of halogens is 5. The Morgan fingerprint density at radius 3 is 2.41 bits per heavy atom. The zero-order chi connectivity index (χ0) is 27.0. The third-order valence-corrected chi connectivity index (χ3v) is 8.07. The van der Waals surface area contributed by atoms with Crippen molar-refractivity contribution in [3.8, 4) is 0 Å². The van der Waals surface area contributed by atoms with E-state index in [1.165, 1.54) is 11.8 Å². The number of fused-ring (bicyclic) bond motifs is 1. The Morgan fingerprint density at radius 2 is 1.84 bits per heavy atom. The van der Waals surface area contributed by atoms with Crippen molar-refractivity contribution in [1.29, 1.82) is 0 Å². The van der Waals surface area contributed by atoms with Crippen molar-refractivity contribution in [2.45, 2.75) is 41.5 Å². The van der Waals surface area contributed by atoms with Crippen LogP contribution in [0.1, 0.15) is 24.6 Å². The van der Waals surface area contributed by atoms with Crippen molar-refractivity contribution in [2.24, 2.45) is 11.1 Å². The molecule has 0 aromatic carbocycles. The van der Waals surface area contributed by atoms with Crippen LogP contribution in [0.25, 0.3) is 0 Å². The third kappa shape index (κ3) is 5.71. The van der Waals surface area contributed by atoms with Gasteiger partial charge in [0.1, 0.15) is 16.7 Å². The van der Waals surface area contributed by atoms with E-state index in [9.17, 15) is 13.2 Å². The van der Waals surface area contributed by atoms with E-state index in [0.29, 0.717) is 15.9 Å². The van der Waals surface area contributed by atoms with Gasteiger partial charge in [-0.25, -0.2) is 19.7 Å².